The summed E-state index contributed by atoms with van der Waals surface area (Å²) in [6.07, 6.45) is 3.83. The lowest BCUT2D eigenvalue weighted by Gasteiger charge is -2.08. The maximum Gasteiger partial charge on any atom is 0.161 e. The molecule has 0 aromatic heterocycles. The van der Waals surface area contributed by atoms with E-state index in [1.165, 1.54) is 14.2 Å². The van der Waals surface area contributed by atoms with Gasteiger partial charge in [0.2, 0.25) is 0 Å². The number of phenols is 2. The molecule has 4 heteroatoms. The largest absolute Gasteiger partial charge is 0.504 e. The third kappa shape index (κ3) is 3.17. The van der Waals surface area contributed by atoms with Crippen LogP contribution in [0.1, 0.15) is 22.3 Å². The Hall–Kier alpha value is -2.62. The van der Waals surface area contributed by atoms with Crippen molar-refractivity contribution in [2.75, 3.05) is 14.2 Å². The van der Waals surface area contributed by atoms with Crippen LogP contribution in [-0.2, 0) is 0 Å². The van der Waals surface area contributed by atoms with E-state index in [-0.39, 0.29) is 11.5 Å². The number of ether oxygens (including phenoxy) is 2. The van der Waals surface area contributed by atoms with Gasteiger partial charge in [-0.05, 0) is 60.4 Å². The molecule has 0 aliphatic carbocycles. The summed E-state index contributed by atoms with van der Waals surface area (Å²) >= 11 is 0. The summed E-state index contributed by atoms with van der Waals surface area (Å²) in [5, 5.41) is 19.7. The number of benzene rings is 2. The molecule has 116 valence electrons. The van der Waals surface area contributed by atoms with E-state index in [0.717, 1.165) is 22.3 Å². The molecule has 0 spiro atoms. The highest BCUT2D eigenvalue weighted by atomic mass is 16.5. The topological polar surface area (TPSA) is 58.9 Å². The Labute approximate surface area is 130 Å². The summed E-state index contributed by atoms with van der Waals surface area (Å²) in [7, 11) is 3.05. The Morgan fingerprint density at radius 3 is 1.41 bits per heavy atom. The van der Waals surface area contributed by atoms with Crippen molar-refractivity contribution in [1.82, 2.24) is 0 Å². The first kappa shape index (κ1) is 15.8. The highest BCUT2D eigenvalue weighted by Gasteiger charge is 2.07. The van der Waals surface area contributed by atoms with Crippen molar-refractivity contribution < 1.29 is 19.7 Å². The monoisotopic (exact) mass is 300 g/mol. The maximum atomic E-state index is 9.85. The average molecular weight is 300 g/mol. The lowest BCUT2D eigenvalue weighted by atomic mass is 10.1. The normalized spacial score (nSPS) is 10.9. The van der Waals surface area contributed by atoms with Gasteiger partial charge in [0.15, 0.2) is 23.0 Å². The van der Waals surface area contributed by atoms with Crippen LogP contribution in [0, 0.1) is 13.8 Å². The predicted molar refractivity (Wildman–Crippen MR) is 87.7 cm³/mol. The molecular formula is C18H20O4. The minimum absolute atomic E-state index is 0.154. The molecule has 0 unspecified atom stereocenters. The van der Waals surface area contributed by atoms with Crippen molar-refractivity contribution in [2.45, 2.75) is 13.8 Å². The van der Waals surface area contributed by atoms with Crippen LogP contribution < -0.4 is 9.47 Å². The molecular weight excluding hydrogens is 280 g/mol. The molecule has 0 saturated carbocycles. The van der Waals surface area contributed by atoms with E-state index in [4.69, 9.17) is 9.47 Å². The zero-order chi connectivity index (χ0) is 16.3. The zero-order valence-corrected chi connectivity index (χ0v) is 13.2. The average Bonchev–Trinajstić information content (AvgIpc) is 2.51. The van der Waals surface area contributed by atoms with E-state index in [2.05, 4.69) is 0 Å². The van der Waals surface area contributed by atoms with E-state index in [9.17, 15) is 10.2 Å². The van der Waals surface area contributed by atoms with Crippen molar-refractivity contribution in [3.05, 3.63) is 46.5 Å². The molecule has 0 radical (unpaired) electrons. The quantitative estimate of drug-likeness (QED) is 0.841. The number of hydrogen-bond donors (Lipinski definition) is 2. The number of phenolic OH excluding ortho intramolecular Hbond substituents is 2. The Morgan fingerprint density at radius 1 is 0.727 bits per heavy atom. The third-order valence-electron chi connectivity index (χ3n) is 3.48. The summed E-state index contributed by atoms with van der Waals surface area (Å²) in [6, 6.07) is 7.28. The molecule has 0 fully saturated rings. The van der Waals surface area contributed by atoms with Gasteiger partial charge >= 0.3 is 0 Å². The molecule has 0 aliphatic heterocycles. The van der Waals surface area contributed by atoms with Crippen LogP contribution in [0.3, 0.4) is 0 Å². The molecule has 2 aromatic carbocycles. The molecule has 0 bridgehead atoms. The van der Waals surface area contributed by atoms with Crippen LogP contribution in [-0.4, -0.2) is 24.4 Å². The van der Waals surface area contributed by atoms with Gasteiger partial charge in [0.05, 0.1) is 14.2 Å². The fourth-order valence-electron chi connectivity index (χ4n) is 2.24. The molecule has 2 N–H and O–H groups in total. The van der Waals surface area contributed by atoms with Gasteiger partial charge in [0, 0.05) is 0 Å². The van der Waals surface area contributed by atoms with Gasteiger partial charge in [-0.3, -0.25) is 0 Å². The van der Waals surface area contributed by atoms with Gasteiger partial charge in [-0.15, -0.1) is 0 Å². The molecule has 0 saturated heterocycles. The minimum atomic E-state index is 0.154. The van der Waals surface area contributed by atoms with Crippen molar-refractivity contribution in [3.8, 4) is 23.0 Å². The van der Waals surface area contributed by atoms with Crippen LogP contribution in [0.15, 0.2) is 24.3 Å². The van der Waals surface area contributed by atoms with Crippen LogP contribution in [0.5, 0.6) is 23.0 Å². The second-order valence-corrected chi connectivity index (χ2v) is 5.11. The first-order chi connectivity index (χ1) is 10.5. The van der Waals surface area contributed by atoms with Crippen LogP contribution >= 0.6 is 0 Å². The van der Waals surface area contributed by atoms with E-state index >= 15 is 0 Å². The Bertz CT molecular complexity index is 656. The predicted octanol–water partition coefficient (Wildman–Crippen LogP) is 3.90. The zero-order valence-electron chi connectivity index (χ0n) is 13.2. The van der Waals surface area contributed by atoms with Gasteiger partial charge in [0.25, 0.3) is 0 Å². The number of methoxy groups -OCH3 is 2. The van der Waals surface area contributed by atoms with Crippen LogP contribution in [0.4, 0.5) is 0 Å². The molecule has 22 heavy (non-hydrogen) atoms. The highest BCUT2D eigenvalue weighted by Crippen LogP contribution is 2.33. The summed E-state index contributed by atoms with van der Waals surface area (Å²) < 4.78 is 10.3. The summed E-state index contributed by atoms with van der Waals surface area (Å²) in [6.45, 7) is 3.64. The standard InChI is InChI=1S/C18H20O4/c1-11-7-13(9-15(21-3)17(11)19)5-6-14-8-12(2)18(20)16(10-14)22-4/h5-10,19-20H,1-4H3/b6-5+. The van der Waals surface area contributed by atoms with Crippen molar-refractivity contribution in [3.63, 3.8) is 0 Å². The second kappa shape index (κ2) is 6.43. The lowest BCUT2D eigenvalue weighted by molar-refractivity contribution is 0.371. The Morgan fingerprint density at radius 2 is 1.09 bits per heavy atom. The third-order valence-corrected chi connectivity index (χ3v) is 3.48. The second-order valence-electron chi connectivity index (χ2n) is 5.11. The highest BCUT2D eigenvalue weighted by molar-refractivity contribution is 5.73. The van der Waals surface area contributed by atoms with E-state index in [0.29, 0.717) is 11.5 Å². The lowest BCUT2D eigenvalue weighted by Crippen LogP contribution is -1.88. The first-order valence-electron chi connectivity index (χ1n) is 6.89. The molecule has 2 aromatic rings. The van der Waals surface area contributed by atoms with E-state index < -0.39 is 0 Å². The molecule has 0 atom stereocenters. The SMILES string of the molecule is COc1cc(/C=C/c2cc(C)c(O)c(OC)c2)cc(C)c1O. The Balaban J connectivity index is 2.37. The summed E-state index contributed by atoms with van der Waals surface area (Å²) in [5.41, 5.74) is 3.32. The molecule has 0 amide bonds. The summed E-state index contributed by atoms with van der Waals surface area (Å²) in [4.78, 5) is 0. The number of hydrogen-bond acceptors (Lipinski definition) is 4. The van der Waals surface area contributed by atoms with Gasteiger partial charge in [-0.25, -0.2) is 0 Å². The minimum Gasteiger partial charge on any atom is -0.504 e. The smallest absolute Gasteiger partial charge is 0.161 e. The van der Waals surface area contributed by atoms with Crippen LogP contribution in [0.2, 0.25) is 0 Å². The number of aromatic hydroxyl groups is 2. The fourth-order valence-corrected chi connectivity index (χ4v) is 2.24. The van der Waals surface area contributed by atoms with Crippen molar-refractivity contribution in [1.29, 1.82) is 0 Å². The summed E-state index contributed by atoms with van der Waals surface area (Å²) in [5.74, 6) is 1.20. The molecule has 0 heterocycles. The number of aryl methyl sites for hydroxylation is 2. The van der Waals surface area contributed by atoms with Gasteiger partial charge in [0.1, 0.15) is 0 Å². The van der Waals surface area contributed by atoms with Gasteiger partial charge in [-0.1, -0.05) is 12.2 Å². The maximum absolute atomic E-state index is 9.85. The van der Waals surface area contributed by atoms with Gasteiger partial charge in [-0.2, -0.15) is 0 Å². The molecule has 4 nitrogen and oxygen atoms in total. The number of rotatable bonds is 4. The van der Waals surface area contributed by atoms with Crippen molar-refractivity contribution >= 4 is 12.2 Å². The first-order valence-corrected chi connectivity index (χ1v) is 6.89. The fraction of sp³-hybridized carbons (Fsp3) is 0.222. The van der Waals surface area contributed by atoms with Gasteiger partial charge < -0.3 is 19.7 Å². The Kier molecular flexibility index (Phi) is 4.61. The molecule has 0 aliphatic rings. The van der Waals surface area contributed by atoms with Crippen molar-refractivity contribution in [2.24, 2.45) is 0 Å². The van der Waals surface area contributed by atoms with E-state index in [1.807, 2.05) is 38.1 Å². The van der Waals surface area contributed by atoms with Crippen LogP contribution in [0.25, 0.3) is 12.2 Å². The van der Waals surface area contributed by atoms with E-state index in [1.54, 1.807) is 12.1 Å². The molecule has 2 rings (SSSR count).